The number of rotatable bonds is 7. The minimum absolute atomic E-state index is 0.136. The molecule has 8 nitrogen and oxygen atoms in total. The molecule has 200 valence electrons. The van der Waals surface area contributed by atoms with E-state index in [9.17, 15) is 14.7 Å². The number of esters is 1. The number of carbonyl (C=O) groups excluding carboxylic acids is 2. The van der Waals surface area contributed by atoms with Crippen LogP contribution in [-0.2, 0) is 9.53 Å². The Hall–Kier alpha value is -3.29. The van der Waals surface area contributed by atoms with E-state index >= 15 is 0 Å². The molecule has 0 unspecified atom stereocenters. The molecule has 0 radical (unpaired) electrons. The van der Waals surface area contributed by atoms with Gasteiger partial charge in [-0.25, -0.2) is 9.78 Å². The average molecular weight is 511 g/mol. The summed E-state index contributed by atoms with van der Waals surface area (Å²) in [5.74, 6) is 0.327. The number of benzene rings is 1. The number of ether oxygens (including phenoxy) is 3. The molecule has 2 heterocycles. The number of nitrogens with zero attached hydrogens (tertiary/aromatic N) is 1. The summed E-state index contributed by atoms with van der Waals surface area (Å²) in [6, 6.07) is 10.3. The lowest BCUT2D eigenvalue weighted by atomic mass is 9.83. The highest BCUT2D eigenvalue weighted by molar-refractivity contribution is 5.97. The van der Waals surface area contributed by atoms with Crippen molar-refractivity contribution in [3.63, 3.8) is 0 Å². The lowest BCUT2D eigenvalue weighted by molar-refractivity contribution is -0.157. The van der Waals surface area contributed by atoms with Crippen molar-refractivity contribution in [2.75, 3.05) is 7.11 Å². The second-order valence-corrected chi connectivity index (χ2v) is 10.2. The van der Waals surface area contributed by atoms with Crippen molar-refractivity contribution >= 4 is 11.9 Å². The molecule has 4 rings (SSSR count). The number of hydrogen-bond donors (Lipinski definition) is 2. The van der Waals surface area contributed by atoms with Gasteiger partial charge >= 0.3 is 5.97 Å². The summed E-state index contributed by atoms with van der Waals surface area (Å²) in [5, 5.41) is 13.0. The van der Waals surface area contributed by atoms with Gasteiger partial charge in [0.25, 0.3) is 5.91 Å². The van der Waals surface area contributed by atoms with Gasteiger partial charge in [0.15, 0.2) is 17.2 Å². The van der Waals surface area contributed by atoms with Gasteiger partial charge in [0.05, 0.1) is 7.11 Å². The van der Waals surface area contributed by atoms with E-state index in [1.807, 2.05) is 37.3 Å². The molecule has 1 aromatic carbocycles. The number of aromatic hydroxyl groups is 1. The molecular formula is C29H38N2O6. The monoisotopic (exact) mass is 510 g/mol. The van der Waals surface area contributed by atoms with Crippen LogP contribution >= 0.6 is 0 Å². The van der Waals surface area contributed by atoms with Gasteiger partial charge in [-0.05, 0) is 50.2 Å². The number of aromatic nitrogens is 1. The molecule has 1 amide bonds. The first-order valence-corrected chi connectivity index (χ1v) is 13.4. The van der Waals surface area contributed by atoms with Crippen molar-refractivity contribution in [3.8, 4) is 17.2 Å². The zero-order chi connectivity index (χ0) is 26.2. The summed E-state index contributed by atoms with van der Waals surface area (Å²) in [6.45, 7) is 1.88. The van der Waals surface area contributed by atoms with Gasteiger partial charge in [-0.15, -0.1) is 0 Å². The van der Waals surface area contributed by atoms with Crippen molar-refractivity contribution in [2.45, 2.75) is 83.0 Å². The number of amides is 1. The Bertz CT molecular complexity index is 1040. The molecule has 2 N–H and O–H groups in total. The molecule has 1 saturated carbocycles. The maximum atomic E-state index is 13.3. The zero-order valence-corrected chi connectivity index (χ0v) is 21.7. The van der Waals surface area contributed by atoms with Gasteiger partial charge in [0.2, 0.25) is 0 Å². The number of methoxy groups -OCH3 is 1. The van der Waals surface area contributed by atoms with E-state index in [0.717, 1.165) is 31.4 Å². The fraction of sp³-hybridized carbons (Fsp3) is 0.552. The third kappa shape index (κ3) is 6.93. The Balaban J connectivity index is 1.50. The maximum Gasteiger partial charge on any atom is 0.329 e. The standard InChI is InChI=1S/C29H38N2O6/c1-19-27(37-22-13-4-3-5-14-22)21(18-20-10-6-7-11-20)12-8-9-15-23(29(34)36-19)31-28(33)25-26(32)24(35-2)16-17-30-25/h3-5,13-14,16-17,19-21,23,27,32H,6-12,15,18H2,1-2H3,(H,31,33)/t19-,21+,23-,27-/m0/s1. The van der Waals surface area contributed by atoms with Crippen LogP contribution in [0.25, 0.3) is 0 Å². The highest BCUT2D eigenvalue weighted by Gasteiger charge is 2.36. The van der Waals surface area contributed by atoms with Crippen molar-refractivity contribution in [1.29, 1.82) is 0 Å². The predicted octanol–water partition coefficient (Wildman–Crippen LogP) is 5.04. The highest BCUT2D eigenvalue weighted by atomic mass is 16.6. The second-order valence-electron chi connectivity index (χ2n) is 10.2. The fourth-order valence-electron chi connectivity index (χ4n) is 5.65. The third-order valence-electron chi connectivity index (χ3n) is 7.59. The van der Waals surface area contributed by atoms with Gasteiger partial charge in [-0.1, -0.05) is 56.7 Å². The predicted molar refractivity (Wildman–Crippen MR) is 139 cm³/mol. The molecule has 1 aliphatic carbocycles. The quantitative estimate of drug-likeness (QED) is 0.502. The van der Waals surface area contributed by atoms with Crippen LogP contribution in [0.15, 0.2) is 42.6 Å². The number of carbonyl (C=O) groups is 2. The molecule has 1 saturated heterocycles. The topological polar surface area (TPSA) is 107 Å². The first kappa shape index (κ1) is 26.8. The lowest BCUT2D eigenvalue weighted by Gasteiger charge is -2.35. The molecule has 2 aliphatic rings. The molecule has 4 atom stereocenters. The van der Waals surface area contributed by atoms with Crippen molar-refractivity contribution < 1.29 is 28.9 Å². The van der Waals surface area contributed by atoms with Crippen LogP contribution < -0.4 is 14.8 Å². The third-order valence-corrected chi connectivity index (χ3v) is 7.59. The molecule has 2 fully saturated rings. The molecule has 1 aromatic heterocycles. The van der Waals surface area contributed by atoms with Crippen LogP contribution in [0.4, 0.5) is 0 Å². The van der Waals surface area contributed by atoms with Gasteiger partial charge in [-0.2, -0.15) is 0 Å². The number of para-hydroxylation sites is 1. The number of hydrogen-bond acceptors (Lipinski definition) is 7. The minimum Gasteiger partial charge on any atom is -0.503 e. The summed E-state index contributed by atoms with van der Waals surface area (Å²) < 4.78 is 17.5. The Morgan fingerprint density at radius 1 is 1.08 bits per heavy atom. The molecule has 1 aliphatic heterocycles. The van der Waals surface area contributed by atoms with E-state index in [4.69, 9.17) is 14.2 Å². The van der Waals surface area contributed by atoms with Crippen molar-refractivity contribution in [2.24, 2.45) is 11.8 Å². The van der Waals surface area contributed by atoms with Crippen LogP contribution in [0.3, 0.4) is 0 Å². The summed E-state index contributed by atoms with van der Waals surface area (Å²) in [4.78, 5) is 30.1. The van der Waals surface area contributed by atoms with E-state index in [2.05, 4.69) is 10.3 Å². The Morgan fingerprint density at radius 3 is 2.51 bits per heavy atom. The number of cyclic esters (lactones) is 1. The molecule has 2 aromatic rings. The van der Waals surface area contributed by atoms with E-state index < -0.39 is 24.0 Å². The van der Waals surface area contributed by atoms with Crippen LogP contribution in [0.5, 0.6) is 17.2 Å². The summed E-state index contributed by atoms with van der Waals surface area (Å²) in [6.07, 6.45) is 9.81. The van der Waals surface area contributed by atoms with E-state index in [0.29, 0.717) is 12.3 Å². The highest BCUT2D eigenvalue weighted by Crippen LogP contribution is 2.36. The molecule has 0 spiro atoms. The second kappa shape index (κ2) is 12.8. The fourth-order valence-corrected chi connectivity index (χ4v) is 5.65. The van der Waals surface area contributed by atoms with Gasteiger partial charge in [0, 0.05) is 12.3 Å². The van der Waals surface area contributed by atoms with Crippen molar-refractivity contribution in [1.82, 2.24) is 10.3 Å². The Kier molecular flexibility index (Phi) is 9.25. The molecule has 37 heavy (non-hydrogen) atoms. The van der Waals surface area contributed by atoms with Gasteiger partial charge < -0.3 is 24.6 Å². The lowest BCUT2D eigenvalue weighted by Crippen LogP contribution is -2.47. The zero-order valence-electron chi connectivity index (χ0n) is 21.7. The first-order chi connectivity index (χ1) is 18.0. The van der Waals surface area contributed by atoms with Crippen molar-refractivity contribution in [3.05, 3.63) is 48.3 Å². The first-order valence-electron chi connectivity index (χ1n) is 13.4. The van der Waals surface area contributed by atoms with Gasteiger partial charge in [0.1, 0.15) is 24.0 Å². The largest absolute Gasteiger partial charge is 0.503 e. The van der Waals surface area contributed by atoms with Crippen LogP contribution in [0.1, 0.15) is 75.2 Å². The molecular weight excluding hydrogens is 472 g/mol. The van der Waals surface area contributed by atoms with Crippen LogP contribution in [0.2, 0.25) is 0 Å². The minimum atomic E-state index is -0.855. The Morgan fingerprint density at radius 2 is 1.78 bits per heavy atom. The summed E-state index contributed by atoms with van der Waals surface area (Å²) in [5.41, 5.74) is -0.195. The molecule has 8 heteroatoms. The van der Waals surface area contributed by atoms with E-state index in [1.165, 1.54) is 45.1 Å². The summed E-state index contributed by atoms with van der Waals surface area (Å²) >= 11 is 0. The number of nitrogens with one attached hydrogen (secondary N) is 1. The SMILES string of the molecule is COc1ccnc(C(=O)N[C@H]2CCCC[C@H](CC3CCCC3)[C@@H](Oc3ccccc3)[C@H](C)OC2=O)c1O. The maximum absolute atomic E-state index is 13.3. The average Bonchev–Trinajstić information content (AvgIpc) is 3.41. The van der Waals surface area contributed by atoms with Crippen LogP contribution in [0, 0.1) is 11.8 Å². The summed E-state index contributed by atoms with van der Waals surface area (Å²) in [7, 11) is 1.39. The van der Waals surface area contributed by atoms with E-state index in [-0.39, 0.29) is 29.2 Å². The Labute approximate surface area is 218 Å². The number of pyridine rings is 1. The normalized spacial score (nSPS) is 25.2. The molecule has 0 bridgehead atoms. The van der Waals surface area contributed by atoms with E-state index in [1.54, 1.807) is 0 Å². The smallest absolute Gasteiger partial charge is 0.329 e. The van der Waals surface area contributed by atoms with Crippen LogP contribution in [-0.4, -0.2) is 47.3 Å². The van der Waals surface area contributed by atoms with Gasteiger partial charge in [-0.3, -0.25) is 4.79 Å².